The number of rotatable bonds is 5. The second kappa shape index (κ2) is 5.91. The Morgan fingerprint density at radius 1 is 1.05 bits per heavy atom. The van der Waals surface area contributed by atoms with E-state index < -0.39 is 11.9 Å². The van der Waals surface area contributed by atoms with Crippen molar-refractivity contribution in [2.45, 2.75) is 12.3 Å². The van der Waals surface area contributed by atoms with Crippen LogP contribution in [-0.4, -0.2) is 21.8 Å². The van der Waals surface area contributed by atoms with Gasteiger partial charge in [0.15, 0.2) is 5.78 Å². The molecule has 4 heteroatoms. The number of Topliss-reactive ketones (excluding diaryl/α,β-unsaturated/α-hetero) is 1. The first-order valence-corrected chi connectivity index (χ1v) is 5.89. The predicted octanol–water partition coefficient (Wildman–Crippen LogP) is 2.52. The van der Waals surface area contributed by atoms with E-state index in [4.69, 9.17) is 5.11 Å². The van der Waals surface area contributed by atoms with Gasteiger partial charge in [0.1, 0.15) is 0 Å². The number of carbonyl (C=O) groups excluding carboxylic acids is 1. The average Bonchev–Trinajstić information content (AvgIpc) is 2.46. The Morgan fingerprint density at radius 3 is 2.26 bits per heavy atom. The summed E-state index contributed by atoms with van der Waals surface area (Å²) in [5.74, 6) is -1.85. The Balaban J connectivity index is 2.33. The smallest absolute Gasteiger partial charge is 0.304 e. The van der Waals surface area contributed by atoms with Crippen molar-refractivity contribution in [3.05, 3.63) is 66.0 Å². The highest BCUT2D eigenvalue weighted by Crippen LogP contribution is 2.24. The summed E-state index contributed by atoms with van der Waals surface area (Å²) in [5.41, 5.74) is 1.19. The van der Waals surface area contributed by atoms with Gasteiger partial charge >= 0.3 is 5.97 Å². The molecule has 96 valence electrons. The first-order valence-electron chi connectivity index (χ1n) is 5.89. The number of pyridine rings is 1. The van der Waals surface area contributed by atoms with Crippen LogP contribution < -0.4 is 0 Å². The molecule has 0 saturated heterocycles. The number of hydrogen-bond donors (Lipinski definition) is 1. The summed E-state index contributed by atoms with van der Waals surface area (Å²) >= 11 is 0. The Hall–Kier alpha value is -2.49. The monoisotopic (exact) mass is 255 g/mol. The van der Waals surface area contributed by atoms with Crippen LogP contribution in [0.1, 0.15) is 28.3 Å². The highest BCUT2D eigenvalue weighted by Gasteiger charge is 2.24. The molecule has 2 aromatic rings. The van der Waals surface area contributed by atoms with Gasteiger partial charge in [-0.3, -0.25) is 14.6 Å². The maximum Gasteiger partial charge on any atom is 0.304 e. The number of aromatic nitrogens is 1. The lowest BCUT2D eigenvalue weighted by molar-refractivity contribution is -0.137. The second-order valence-electron chi connectivity index (χ2n) is 4.16. The molecule has 0 fully saturated rings. The fraction of sp³-hybridized carbons (Fsp3) is 0.133. The van der Waals surface area contributed by atoms with Crippen LogP contribution >= 0.6 is 0 Å². The quantitative estimate of drug-likeness (QED) is 0.833. The number of carboxylic acid groups (broad SMARTS) is 1. The summed E-state index contributed by atoms with van der Waals surface area (Å²) in [4.78, 5) is 27.2. The number of benzene rings is 1. The van der Waals surface area contributed by atoms with Gasteiger partial charge in [0, 0.05) is 18.0 Å². The van der Waals surface area contributed by atoms with E-state index in [1.807, 2.05) is 6.07 Å². The third-order valence-electron chi connectivity index (χ3n) is 2.86. The number of ketones is 1. The molecule has 1 heterocycles. The van der Waals surface area contributed by atoms with E-state index in [1.165, 1.54) is 12.4 Å². The van der Waals surface area contributed by atoms with E-state index in [0.717, 1.165) is 0 Å². The lowest BCUT2D eigenvalue weighted by Crippen LogP contribution is -2.17. The largest absolute Gasteiger partial charge is 0.481 e. The molecule has 0 aliphatic heterocycles. The van der Waals surface area contributed by atoms with Gasteiger partial charge in [0.2, 0.25) is 0 Å². The summed E-state index contributed by atoms with van der Waals surface area (Å²) in [6.07, 6.45) is 2.83. The molecule has 1 atom stereocenters. The van der Waals surface area contributed by atoms with Gasteiger partial charge in [0.25, 0.3) is 0 Å². The molecule has 2 rings (SSSR count). The van der Waals surface area contributed by atoms with Crippen LogP contribution in [0, 0.1) is 0 Å². The molecule has 0 spiro atoms. The number of carbonyl (C=O) groups is 2. The fourth-order valence-corrected chi connectivity index (χ4v) is 1.94. The summed E-state index contributed by atoms with van der Waals surface area (Å²) in [7, 11) is 0. The highest BCUT2D eigenvalue weighted by atomic mass is 16.4. The van der Waals surface area contributed by atoms with E-state index in [9.17, 15) is 9.59 Å². The number of carboxylic acids is 1. The highest BCUT2D eigenvalue weighted by molar-refractivity contribution is 6.02. The normalized spacial score (nSPS) is 11.8. The lowest BCUT2D eigenvalue weighted by atomic mass is 9.88. The molecule has 0 radical (unpaired) electrons. The van der Waals surface area contributed by atoms with E-state index in [2.05, 4.69) is 4.98 Å². The van der Waals surface area contributed by atoms with E-state index in [1.54, 1.807) is 36.4 Å². The molecule has 19 heavy (non-hydrogen) atoms. The third-order valence-corrected chi connectivity index (χ3v) is 2.86. The van der Waals surface area contributed by atoms with E-state index in [0.29, 0.717) is 11.1 Å². The van der Waals surface area contributed by atoms with Gasteiger partial charge in [-0.15, -0.1) is 0 Å². The van der Waals surface area contributed by atoms with Gasteiger partial charge < -0.3 is 5.11 Å². The molecule has 0 amide bonds. The standard InChI is InChI=1S/C15H13NO3/c17-14(18)10-13(11-4-2-1-3-5-11)15(19)12-6-8-16-9-7-12/h1-9,13H,10H2,(H,17,18). The summed E-state index contributed by atoms with van der Waals surface area (Å²) < 4.78 is 0. The zero-order valence-corrected chi connectivity index (χ0v) is 10.2. The molecule has 0 bridgehead atoms. The first kappa shape index (κ1) is 13.0. The average molecular weight is 255 g/mol. The van der Waals surface area contributed by atoms with Crippen molar-refractivity contribution in [1.82, 2.24) is 4.98 Å². The minimum atomic E-state index is -0.990. The molecular formula is C15H13NO3. The molecule has 1 unspecified atom stereocenters. The van der Waals surface area contributed by atoms with Crippen LogP contribution in [0.25, 0.3) is 0 Å². The summed E-state index contributed by atoms with van der Waals surface area (Å²) in [6.45, 7) is 0. The maximum atomic E-state index is 12.4. The predicted molar refractivity (Wildman–Crippen MR) is 70.0 cm³/mol. The topological polar surface area (TPSA) is 67.3 Å². The molecule has 4 nitrogen and oxygen atoms in total. The lowest BCUT2D eigenvalue weighted by Gasteiger charge is -2.14. The summed E-state index contributed by atoms with van der Waals surface area (Å²) in [6, 6.07) is 12.2. The zero-order valence-electron chi connectivity index (χ0n) is 10.2. The van der Waals surface area contributed by atoms with Crippen LogP contribution in [0.5, 0.6) is 0 Å². The van der Waals surface area contributed by atoms with Crippen molar-refractivity contribution >= 4 is 11.8 Å². The summed E-state index contributed by atoms with van der Waals surface area (Å²) in [5, 5.41) is 8.98. The molecule has 0 saturated carbocycles. The molecule has 1 aromatic carbocycles. The van der Waals surface area contributed by atoms with Crippen molar-refractivity contribution < 1.29 is 14.7 Å². The molecule has 1 N–H and O–H groups in total. The number of nitrogens with zero attached hydrogens (tertiary/aromatic N) is 1. The van der Waals surface area contributed by atoms with Crippen molar-refractivity contribution in [2.24, 2.45) is 0 Å². The van der Waals surface area contributed by atoms with Crippen LogP contribution in [0.4, 0.5) is 0 Å². The minimum absolute atomic E-state index is 0.198. The third kappa shape index (κ3) is 3.25. The maximum absolute atomic E-state index is 12.4. The van der Waals surface area contributed by atoms with Crippen molar-refractivity contribution in [2.75, 3.05) is 0 Å². The Labute approximate surface area is 110 Å². The van der Waals surface area contributed by atoms with Crippen molar-refractivity contribution in [3.63, 3.8) is 0 Å². The molecular weight excluding hydrogens is 242 g/mol. The first-order chi connectivity index (χ1) is 9.18. The van der Waals surface area contributed by atoms with Crippen LogP contribution in [0.2, 0.25) is 0 Å². The van der Waals surface area contributed by atoms with Gasteiger partial charge in [-0.1, -0.05) is 30.3 Å². The van der Waals surface area contributed by atoms with Gasteiger partial charge in [-0.2, -0.15) is 0 Å². The van der Waals surface area contributed by atoms with E-state index in [-0.39, 0.29) is 12.2 Å². The Kier molecular flexibility index (Phi) is 4.03. The Morgan fingerprint density at radius 2 is 1.68 bits per heavy atom. The van der Waals surface area contributed by atoms with Crippen LogP contribution in [-0.2, 0) is 4.79 Å². The fourth-order valence-electron chi connectivity index (χ4n) is 1.94. The molecule has 1 aromatic heterocycles. The minimum Gasteiger partial charge on any atom is -0.481 e. The van der Waals surface area contributed by atoms with Crippen LogP contribution in [0.15, 0.2) is 54.9 Å². The number of hydrogen-bond acceptors (Lipinski definition) is 3. The van der Waals surface area contributed by atoms with Gasteiger partial charge in [-0.25, -0.2) is 0 Å². The second-order valence-corrected chi connectivity index (χ2v) is 4.16. The molecule has 0 aliphatic carbocycles. The van der Waals surface area contributed by atoms with Gasteiger partial charge in [0.05, 0.1) is 12.3 Å². The SMILES string of the molecule is O=C(O)CC(C(=O)c1ccncc1)c1ccccc1. The Bertz CT molecular complexity index is 566. The van der Waals surface area contributed by atoms with E-state index >= 15 is 0 Å². The van der Waals surface area contributed by atoms with Crippen molar-refractivity contribution in [1.29, 1.82) is 0 Å². The van der Waals surface area contributed by atoms with Gasteiger partial charge in [-0.05, 0) is 17.7 Å². The number of aliphatic carboxylic acids is 1. The zero-order chi connectivity index (χ0) is 13.7. The van der Waals surface area contributed by atoms with Crippen LogP contribution in [0.3, 0.4) is 0 Å². The van der Waals surface area contributed by atoms with Crippen molar-refractivity contribution in [3.8, 4) is 0 Å². The molecule has 0 aliphatic rings.